The Hall–Kier alpha value is -1.82. The highest BCUT2D eigenvalue weighted by Crippen LogP contribution is 2.24. The molecule has 7 heteroatoms. The van der Waals surface area contributed by atoms with E-state index in [9.17, 15) is 9.18 Å². The van der Waals surface area contributed by atoms with Gasteiger partial charge in [-0.2, -0.15) is 0 Å². The molecule has 0 saturated heterocycles. The van der Waals surface area contributed by atoms with Gasteiger partial charge in [-0.3, -0.25) is 4.79 Å². The van der Waals surface area contributed by atoms with E-state index in [-0.39, 0.29) is 17.4 Å². The minimum atomic E-state index is -0.557. The average molecular weight is 257 g/mol. The number of halogens is 2. The zero-order valence-corrected chi connectivity index (χ0v) is 9.54. The van der Waals surface area contributed by atoms with Crippen LogP contribution in [0.3, 0.4) is 0 Å². The first-order valence-corrected chi connectivity index (χ1v) is 5.26. The number of fused-ring (bicyclic) bond motifs is 1. The molecule has 90 valence electrons. The molecular formula is C10H10ClFN4O. The van der Waals surface area contributed by atoms with Crippen molar-refractivity contribution in [2.75, 3.05) is 5.73 Å². The minimum Gasteiger partial charge on any atom is -0.370 e. The molecule has 17 heavy (non-hydrogen) atoms. The summed E-state index contributed by atoms with van der Waals surface area (Å²) in [6, 6.07) is 2.63. The third kappa shape index (κ3) is 2.16. The van der Waals surface area contributed by atoms with Gasteiger partial charge >= 0.3 is 0 Å². The van der Waals surface area contributed by atoms with Gasteiger partial charge in [-0.1, -0.05) is 11.6 Å². The minimum absolute atomic E-state index is 0.0160. The van der Waals surface area contributed by atoms with E-state index in [1.807, 2.05) is 0 Å². The molecule has 1 aromatic carbocycles. The Morgan fingerprint density at radius 2 is 2.24 bits per heavy atom. The first-order valence-electron chi connectivity index (χ1n) is 4.88. The highest BCUT2D eigenvalue weighted by Gasteiger charge is 2.12. The highest BCUT2D eigenvalue weighted by molar-refractivity contribution is 6.31. The van der Waals surface area contributed by atoms with Crippen molar-refractivity contribution in [1.29, 1.82) is 0 Å². The zero-order chi connectivity index (χ0) is 12.6. The molecule has 0 aliphatic heterocycles. The lowest BCUT2D eigenvalue weighted by molar-refractivity contribution is -0.118. The topological polar surface area (TPSA) is 86.9 Å². The molecule has 0 atom stereocenters. The van der Waals surface area contributed by atoms with Gasteiger partial charge in [-0.05, 0) is 6.07 Å². The monoisotopic (exact) mass is 256 g/mol. The van der Waals surface area contributed by atoms with E-state index in [0.717, 1.165) is 0 Å². The molecule has 0 aliphatic carbocycles. The summed E-state index contributed by atoms with van der Waals surface area (Å²) >= 11 is 5.68. The van der Waals surface area contributed by atoms with Crippen LogP contribution < -0.4 is 11.5 Å². The number of rotatable bonds is 3. The Balaban J connectivity index is 2.50. The van der Waals surface area contributed by atoms with E-state index >= 15 is 0 Å². The normalized spacial score (nSPS) is 10.9. The molecule has 0 bridgehead atoms. The van der Waals surface area contributed by atoms with Crippen molar-refractivity contribution in [3.8, 4) is 0 Å². The van der Waals surface area contributed by atoms with Crippen LogP contribution in [0.5, 0.6) is 0 Å². The predicted octanol–water partition coefficient (Wildman–Crippen LogP) is 1.29. The number of hydrogen-bond donors (Lipinski definition) is 2. The number of primary amides is 1. The number of aromatic nitrogens is 2. The smallest absolute Gasteiger partial charge is 0.219 e. The van der Waals surface area contributed by atoms with E-state index < -0.39 is 11.7 Å². The van der Waals surface area contributed by atoms with Gasteiger partial charge in [-0.15, -0.1) is 0 Å². The molecule has 0 aliphatic rings. The van der Waals surface area contributed by atoms with Crippen molar-refractivity contribution in [2.24, 2.45) is 5.73 Å². The fourth-order valence-electron chi connectivity index (χ4n) is 1.60. The predicted molar refractivity (Wildman–Crippen MR) is 62.9 cm³/mol. The van der Waals surface area contributed by atoms with Crippen molar-refractivity contribution < 1.29 is 9.18 Å². The number of benzene rings is 1. The van der Waals surface area contributed by atoms with Crippen LogP contribution in [0.1, 0.15) is 6.42 Å². The van der Waals surface area contributed by atoms with Crippen LogP contribution in [0.2, 0.25) is 5.02 Å². The maximum absolute atomic E-state index is 13.2. The maximum atomic E-state index is 13.2. The van der Waals surface area contributed by atoms with Gasteiger partial charge in [0.25, 0.3) is 0 Å². The lowest BCUT2D eigenvalue weighted by Crippen LogP contribution is -2.14. The maximum Gasteiger partial charge on any atom is 0.219 e. The van der Waals surface area contributed by atoms with E-state index in [1.54, 1.807) is 4.57 Å². The van der Waals surface area contributed by atoms with Crippen molar-refractivity contribution in [2.45, 2.75) is 13.0 Å². The van der Waals surface area contributed by atoms with E-state index in [2.05, 4.69) is 4.98 Å². The van der Waals surface area contributed by atoms with Crippen LogP contribution in [0, 0.1) is 5.82 Å². The van der Waals surface area contributed by atoms with Gasteiger partial charge in [-0.25, -0.2) is 9.37 Å². The van der Waals surface area contributed by atoms with Gasteiger partial charge in [0.05, 0.1) is 16.1 Å². The molecule has 0 saturated carbocycles. The fourth-order valence-corrected chi connectivity index (χ4v) is 1.75. The zero-order valence-electron chi connectivity index (χ0n) is 8.78. The number of nitrogens with two attached hydrogens (primary N) is 2. The largest absolute Gasteiger partial charge is 0.370 e. The summed E-state index contributed by atoms with van der Waals surface area (Å²) in [7, 11) is 0. The average Bonchev–Trinajstić information content (AvgIpc) is 2.52. The van der Waals surface area contributed by atoms with E-state index in [4.69, 9.17) is 23.1 Å². The molecule has 4 N–H and O–H groups in total. The van der Waals surface area contributed by atoms with E-state index in [1.165, 1.54) is 12.1 Å². The van der Waals surface area contributed by atoms with Crippen molar-refractivity contribution in [3.05, 3.63) is 23.0 Å². The number of nitrogens with zero attached hydrogens (tertiary/aromatic N) is 2. The standard InChI is InChI=1S/C10H10ClFN4O/c11-5-3-8-7(4-6(5)12)15-10(14)16(8)2-1-9(13)17/h3-4H,1-2H2,(H2,13,17)(H2,14,15). The number of carbonyl (C=O) groups excluding carboxylic acids is 1. The quantitative estimate of drug-likeness (QED) is 0.867. The second-order valence-corrected chi connectivity index (χ2v) is 4.00. The molecule has 0 fully saturated rings. The fraction of sp³-hybridized carbons (Fsp3) is 0.200. The van der Waals surface area contributed by atoms with Crippen molar-refractivity contribution >= 4 is 34.5 Å². The van der Waals surface area contributed by atoms with Gasteiger partial charge in [0.15, 0.2) is 0 Å². The first kappa shape index (κ1) is 11.7. The summed E-state index contributed by atoms with van der Waals surface area (Å²) in [4.78, 5) is 14.7. The highest BCUT2D eigenvalue weighted by atomic mass is 35.5. The lowest BCUT2D eigenvalue weighted by Gasteiger charge is -2.04. The molecule has 1 heterocycles. The van der Waals surface area contributed by atoms with Crippen LogP contribution in [0.4, 0.5) is 10.3 Å². The van der Waals surface area contributed by atoms with Crippen LogP contribution in [0.15, 0.2) is 12.1 Å². The number of hydrogen-bond acceptors (Lipinski definition) is 3. The molecule has 1 amide bonds. The van der Waals surface area contributed by atoms with Gasteiger partial charge in [0.1, 0.15) is 5.82 Å². The molecule has 2 aromatic rings. The molecule has 0 unspecified atom stereocenters. The molecule has 2 rings (SSSR count). The summed E-state index contributed by atoms with van der Waals surface area (Å²) in [6.07, 6.45) is 0.130. The number of anilines is 1. The Bertz CT molecular complexity index is 595. The molecular weight excluding hydrogens is 247 g/mol. The summed E-state index contributed by atoms with van der Waals surface area (Å²) < 4.78 is 14.8. The molecule has 1 aromatic heterocycles. The van der Waals surface area contributed by atoms with Crippen LogP contribution in [-0.4, -0.2) is 15.5 Å². The van der Waals surface area contributed by atoms with Crippen LogP contribution >= 0.6 is 11.6 Å². The summed E-state index contributed by atoms with van der Waals surface area (Å²) in [6.45, 7) is 0.291. The van der Waals surface area contributed by atoms with Gasteiger partial charge in [0.2, 0.25) is 11.9 Å². The number of imidazole rings is 1. The third-order valence-electron chi connectivity index (χ3n) is 2.40. The second-order valence-electron chi connectivity index (χ2n) is 3.59. The molecule has 0 radical (unpaired) electrons. The Labute approximate surface area is 101 Å². The van der Waals surface area contributed by atoms with Gasteiger partial charge < -0.3 is 16.0 Å². The third-order valence-corrected chi connectivity index (χ3v) is 2.69. The number of amides is 1. The van der Waals surface area contributed by atoms with E-state index in [0.29, 0.717) is 17.6 Å². The SMILES string of the molecule is NC(=O)CCn1c(N)nc2cc(F)c(Cl)cc21. The van der Waals surface area contributed by atoms with Crippen molar-refractivity contribution in [1.82, 2.24) is 9.55 Å². The molecule has 0 spiro atoms. The summed E-state index contributed by atoms with van der Waals surface area (Å²) in [5.74, 6) is -0.805. The Morgan fingerprint density at radius 1 is 1.53 bits per heavy atom. The number of nitrogen functional groups attached to an aromatic ring is 1. The van der Waals surface area contributed by atoms with Crippen LogP contribution in [-0.2, 0) is 11.3 Å². The lowest BCUT2D eigenvalue weighted by atomic mass is 10.3. The van der Waals surface area contributed by atoms with Crippen LogP contribution in [0.25, 0.3) is 11.0 Å². The Kier molecular flexibility index (Phi) is 2.89. The molecule has 5 nitrogen and oxygen atoms in total. The van der Waals surface area contributed by atoms with Crippen molar-refractivity contribution in [3.63, 3.8) is 0 Å². The Morgan fingerprint density at radius 3 is 2.88 bits per heavy atom. The van der Waals surface area contributed by atoms with Gasteiger partial charge in [0, 0.05) is 19.0 Å². The first-order chi connectivity index (χ1) is 7.99. The number of aryl methyl sites for hydroxylation is 1. The number of carbonyl (C=O) groups is 1. The second kappa shape index (κ2) is 4.21. The summed E-state index contributed by atoms with van der Waals surface area (Å²) in [5, 5.41) is -0.0160. The summed E-state index contributed by atoms with van der Waals surface area (Å²) in [5.41, 5.74) is 11.7.